The number of anilines is 3. The van der Waals surface area contributed by atoms with E-state index in [1.165, 1.54) is 49.1 Å². The number of hydrogen-bond acceptors (Lipinski definition) is 3. The molecule has 11 rings (SSSR count). The van der Waals surface area contributed by atoms with Crippen molar-refractivity contribution < 1.29 is 4.42 Å². The van der Waals surface area contributed by atoms with E-state index in [4.69, 9.17) is 4.42 Å². The number of rotatable bonds is 5. The Bertz CT molecular complexity index is 3140. The van der Waals surface area contributed by atoms with Crippen LogP contribution in [0.5, 0.6) is 0 Å². The van der Waals surface area contributed by atoms with Crippen molar-refractivity contribution >= 4 is 82.4 Å². The van der Waals surface area contributed by atoms with Gasteiger partial charge in [0.2, 0.25) is 0 Å². The summed E-state index contributed by atoms with van der Waals surface area (Å²) in [5.41, 5.74) is 10.7. The average molecular weight is 678 g/mol. The predicted octanol–water partition coefficient (Wildman–Crippen LogP) is 13.5. The van der Waals surface area contributed by atoms with Crippen molar-refractivity contribution in [2.75, 3.05) is 4.90 Å². The fourth-order valence-electron chi connectivity index (χ4n) is 8.21. The van der Waals surface area contributed by atoms with Crippen LogP contribution in [0.1, 0.15) is 0 Å². The Kier molecular flexibility index (Phi) is 6.52. The van der Waals surface area contributed by atoms with Gasteiger partial charge in [-0.25, -0.2) is 0 Å². The van der Waals surface area contributed by atoms with Gasteiger partial charge in [-0.05, 0) is 82.6 Å². The molecule has 0 fully saturated rings. The zero-order valence-electron chi connectivity index (χ0n) is 28.6. The van der Waals surface area contributed by atoms with Crippen LogP contribution in [-0.4, -0.2) is 9.55 Å². The molecule has 0 atom stereocenters. The summed E-state index contributed by atoms with van der Waals surface area (Å²) in [6.45, 7) is 0. The molecule has 3 aromatic heterocycles. The van der Waals surface area contributed by atoms with Crippen LogP contribution < -0.4 is 4.90 Å². The van der Waals surface area contributed by atoms with E-state index in [0.717, 1.165) is 50.1 Å². The monoisotopic (exact) mass is 677 g/mol. The van der Waals surface area contributed by atoms with E-state index in [9.17, 15) is 0 Å². The van der Waals surface area contributed by atoms with Gasteiger partial charge in [0.25, 0.3) is 0 Å². The largest absolute Gasteiger partial charge is 0.454 e. The third-order valence-corrected chi connectivity index (χ3v) is 10.6. The summed E-state index contributed by atoms with van der Waals surface area (Å²) in [4.78, 5) is 6.68. The fourth-order valence-corrected chi connectivity index (χ4v) is 8.21. The van der Waals surface area contributed by atoms with Gasteiger partial charge >= 0.3 is 0 Å². The number of pyridine rings is 1. The van der Waals surface area contributed by atoms with Crippen LogP contribution in [0.4, 0.5) is 17.1 Å². The topological polar surface area (TPSA) is 34.2 Å². The molecule has 0 saturated heterocycles. The highest BCUT2D eigenvalue weighted by molar-refractivity contribution is 6.12. The van der Waals surface area contributed by atoms with Crippen LogP contribution in [0.25, 0.3) is 82.1 Å². The summed E-state index contributed by atoms with van der Waals surface area (Å²) >= 11 is 0. The van der Waals surface area contributed by atoms with Gasteiger partial charge in [0.1, 0.15) is 5.58 Å². The minimum atomic E-state index is 0.784. The van der Waals surface area contributed by atoms with Crippen LogP contribution in [0.15, 0.2) is 193 Å². The second-order valence-electron chi connectivity index (χ2n) is 13.6. The molecule has 8 aromatic carbocycles. The highest BCUT2D eigenvalue weighted by Gasteiger charge is 2.21. The summed E-state index contributed by atoms with van der Waals surface area (Å²) in [6.07, 6.45) is 3.61. The highest BCUT2D eigenvalue weighted by atomic mass is 16.3. The molecule has 3 heterocycles. The number of hydrogen-bond donors (Lipinski definition) is 0. The number of furan rings is 1. The van der Waals surface area contributed by atoms with Crippen LogP contribution in [0.3, 0.4) is 0 Å². The molecule has 0 saturated carbocycles. The molecular formula is C49H31N3O. The third kappa shape index (κ3) is 4.66. The van der Waals surface area contributed by atoms with E-state index in [-0.39, 0.29) is 0 Å². The molecule has 0 N–H and O–H groups in total. The quantitative estimate of drug-likeness (QED) is 0.182. The lowest BCUT2D eigenvalue weighted by Crippen LogP contribution is -2.11. The summed E-state index contributed by atoms with van der Waals surface area (Å²) < 4.78 is 8.80. The van der Waals surface area contributed by atoms with Gasteiger partial charge in [-0.2, -0.15) is 0 Å². The van der Waals surface area contributed by atoms with E-state index < -0.39 is 0 Å². The molecule has 0 radical (unpaired) electrons. The van der Waals surface area contributed by atoms with Gasteiger partial charge < -0.3 is 13.9 Å². The minimum absolute atomic E-state index is 0.784. The van der Waals surface area contributed by atoms with Crippen molar-refractivity contribution in [3.05, 3.63) is 188 Å². The van der Waals surface area contributed by atoms with Crippen LogP contribution in [0, 0.1) is 0 Å². The van der Waals surface area contributed by atoms with Crippen molar-refractivity contribution in [1.29, 1.82) is 0 Å². The Hall–Kier alpha value is -7.17. The molecule has 0 spiro atoms. The van der Waals surface area contributed by atoms with Crippen molar-refractivity contribution in [1.82, 2.24) is 9.55 Å². The molecule has 11 aromatic rings. The zero-order chi connectivity index (χ0) is 34.9. The summed E-state index contributed by atoms with van der Waals surface area (Å²) in [6, 6.07) is 63.3. The van der Waals surface area contributed by atoms with Gasteiger partial charge in [-0.3, -0.25) is 4.98 Å². The fraction of sp³-hybridized carbons (Fsp3) is 0. The Labute approximate surface area is 305 Å². The number of fused-ring (bicyclic) bond motifs is 8. The van der Waals surface area contributed by atoms with Crippen LogP contribution >= 0.6 is 0 Å². The van der Waals surface area contributed by atoms with E-state index >= 15 is 0 Å². The van der Waals surface area contributed by atoms with Crippen molar-refractivity contribution in [3.63, 3.8) is 0 Å². The number of aromatic nitrogens is 2. The standard InChI is InChI=1S/C49H31N3O/c1-2-10-32(11-3-1)33-18-19-35-29-36(21-20-34(35)28-33)51(37-22-23-42-43-26-27-50-31-49(43)53-48(42)30-37)46-24-25-47(41-13-5-4-12-40(41)46)52-44-16-8-6-14-38(44)39-15-7-9-17-45(39)52/h1-31H. The molecular weight excluding hydrogens is 647 g/mol. The van der Waals surface area contributed by atoms with Crippen LogP contribution in [-0.2, 0) is 0 Å². The molecule has 0 bridgehead atoms. The Balaban J connectivity index is 1.14. The molecule has 0 amide bonds. The molecule has 0 aliphatic carbocycles. The molecule has 0 unspecified atom stereocenters. The number of benzene rings is 8. The van der Waals surface area contributed by atoms with Crippen LogP contribution in [0.2, 0.25) is 0 Å². The first-order valence-electron chi connectivity index (χ1n) is 17.9. The minimum Gasteiger partial charge on any atom is -0.454 e. The molecule has 4 nitrogen and oxygen atoms in total. The molecule has 4 heteroatoms. The van der Waals surface area contributed by atoms with Crippen molar-refractivity contribution in [3.8, 4) is 16.8 Å². The predicted molar refractivity (Wildman–Crippen MR) is 221 cm³/mol. The van der Waals surface area contributed by atoms with Gasteiger partial charge in [0.05, 0.1) is 28.6 Å². The van der Waals surface area contributed by atoms with E-state index in [1.54, 1.807) is 6.20 Å². The summed E-state index contributed by atoms with van der Waals surface area (Å²) in [7, 11) is 0. The lowest BCUT2D eigenvalue weighted by atomic mass is 10.00. The number of nitrogens with zero attached hydrogens (tertiary/aromatic N) is 3. The maximum absolute atomic E-state index is 6.39. The van der Waals surface area contributed by atoms with Gasteiger partial charge in [-0.1, -0.05) is 109 Å². The zero-order valence-corrected chi connectivity index (χ0v) is 28.6. The molecule has 53 heavy (non-hydrogen) atoms. The maximum atomic E-state index is 6.39. The first-order chi connectivity index (χ1) is 26.3. The lowest BCUT2D eigenvalue weighted by Gasteiger charge is -2.28. The van der Waals surface area contributed by atoms with Gasteiger partial charge in [-0.15, -0.1) is 0 Å². The SMILES string of the molecule is c1ccc(-c2ccc3cc(N(c4ccc5c(c4)oc4cnccc45)c4ccc(-n5c6ccccc6c6ccccc65)c5ccccc45)ccc3c2)cc1. The smallest absolute Gasteiger partial charge is 0.153 e. The van der Waals surface area contributed by atoms with E-state index in [0.29, 0.717) is 0 Å². The van der Waals surface area contributed by atoms with E-state index in [2.05, 4.69) is 184 Å². The lowest BCUT2D eigenvalue weighted by molar-refractivity contribution is 0.667. The first-order valence-corrected chi connectivity index (χ1v) is 17.9. The normalized spacial score (nSPS) is 11.8. The number of para-hydroxylation sites is 2. The Morgan fingerprint density at radius 3 is 1.89 bits per heavy atom. The first kappa shape index (κ1) is 29.5. The Morgan fingerprint density at radius 2 is 1.08 bits per heavy atom. The molecule has 248 valence electrons. The second-order valence-corrected chi connectivity index (χ2v) is 13.6. The van der Waals surface area contributed by atoms with Crippen molar-refractivity contribution in [2.24, 2.45) is 0 Å². The van der Waals surface area contributed by atoms with E-state index in [1.807, 2.05) is 12.3 Å². The Morgan fingerprint density at radius 1 is 0.434 bits per heavy atom. The third-order valence-electron chi connectivity index (χ3n) is 10.6. The molecule has 0 aliphatic heterocycles. The second kappa shape index (κ2) is 11.7. The van der Waals surface area contributed by atoms with Gasteiger partial charge in [0, 0.05) is 56.0 Å². The maximum Gasteiger partial charge on any atom is 0.153 e. The summed E-state index contributed by atoms with van der Waals surface area (Å²) in [5, 5.41) is 9.33. The summed E-state index contributed by atoms with van der Waals surface area (Å²) in [5.74, 6) is 0. The average Bonchev–Trinajstić information content (AvgIpc) is 3.76. The highest BCUT2D eigenvalue weighted by Crippen LogP contribution is 2.44. The van der Waals surface area contributed by atoms with Gasteiger partial charge in [0.15, 0.2) is 5.58 Å². The van der Waals surface area contributed by atoms with Crippen molar-refractivity contribution in [2.45, 2.75) is 0 Å². The molecule has 0 aliphatic rings.